The van der Waals surface area contributed by atoms with Gasteiger partial charge in [0.1, 0.15) is 6.04 Å². The second-order valence-corrected chi connectivity index (χ2v) is 9.40. The van der Waals surface area contributed by atoms with Gasteiger partial charge in [-0.05, 0) is 31.7 Å². The quantitative estimate of drug-likeness (QED) is 0.564. The Morgan fingerprint density at radius 1 is 1.08 bits per heavy atom. The van der Waals surface area contributed by atoms with Gasteiger partial charge in [-0.2, -0.15) is 0 Å². The van der Waals surface area contributed by atoms with E-state index >= 15 is 0 Å². The Morgan fingerprint density at radius 3 is 2.50 bits per heavy atom. The number of aliphatic imine (C=N–C) groups is 1. The van der Waals surface area contributed by atoms with Gasteiger partial charge in [-0.3, -0.25) is 14.4 Å². The number of fused-ring (bicyclic) bond motifs is 1. The molecule has 1 aliphatic heterocycles. The molecule has 0 bridgehead atoms. The number of nitrogens with zero attached hydrogens (tertiary/aromatic N) is 2. The summed E-state index contributed by atoms with van der Waals surface area (Å²) in [5.41, 5.74) is 2.95. The highest BCUT2D eigenvalue weighted by Gasteiger charge is 2.34. The molecule has 2 aromatic carbocycles. The van der Waals surface area contributed by atoms with Gasteiger partial charge in [-0.15, -0.1) is 0 Å². The summed E-state index contributed by atoms with van der Waals surface area (Å²) < 4.78 is 5.25. The lowest BCUT2D eigenvalue weighted by Crippen LogP contribution is -2.53. The average Bonchev–Trinajstić information content (AvgIpc) is 3.36. The van der Waals surface area contributed by atoms with Crippen LogP contribution >= 0.6 is 0 Å². The Balaban J connectivity index is 1.59. The average molecular weight is 491 g/mol. The number of anilines is 1. The van der Waals surface area contributed by atoms with Crippen LogP contribution in [0.4, 0.5) is 5.69 Å². The normalized spacial score (nSPS) is 18.7. The number of para-hydroxylation sites is 1. The van der Waals surface area contributed by atoms with Crippen molar-refractivity contribution in [2.24, 2.45) is 10.9 Å². The summed E-state index contributed by atoms with van der Waals surface area (Å²) in [5, 5.41) is 5.56. The van der Waals surface area contributed by atoms with Gasteiger partial charge in [0.05, 0.1) is 18.0 Å². The van der Waals surface area contributed by atoms with Crippen LogP contribution in [0.2, 0.25) is 0 Å². The molecule has 0 radical (unpaired) electrons. The van der Waals surface area contributed by atoms with Gasteiger partial charge in [-0.25, -0.2) is 4.99 Å². The molecule has 36 heavy (non-hydrogen) atoms. The van der Waals surface area contributed by atoms with Crippen LogP contribution < -0.4 is 15.5 Å². The van der Waals surface area contributed by atoms with Gasteiger partial charge in [0.15, 0.2) is 0 Å². The predicted octanol–water partition coefficient (Wildman–Crippen LogP) is 3.04. The molecule has 4 rings (SSSR count). The first-order valence-electron chi connectivity index (χ1n) is 12.6. The number of hydrogen-bond acceptors (Lipinski definition) is 5. The number of rotatable bonds is 9. The van der Waals surface area contributed by atoms with E-state index < -0.39 is 18.1 Å². The molecule has 3 amide bonds. The van der Waals surface area contributed by atoms with Crippen molar-refractivity contribution in [1.29, 1.82) is 0 Å². The second kappa shape index (κ2) is 11.9. The Bertz CT molecular complexity index is 1110. The van der Waals surface area contributed by atoms with Crippen LogP contribution in [0.25, 0.3) is 0 Å². The van der Waals surface area contributed by atoms with E-state index in [1.165, 1.54) is 0 Å². The molecule has 1 unspecified atom stereocenters. The molecule has 8 heteroatoms. The largest absolute Gasteiger partial charge is 0.383 e. The van der Waals surface area contributed by atoms with Crippen molar-refractivity contribution in [2.75, 3.05) is 25.2 Å². The summed E-state index contributed by atoms with van der Waals surface area (Å²) >= 11 is 0. The minimum atomic E-state index is -1.15. The van der Waals surface area contributed by atoms with Crippen molar-refractivity contribution in [3.63, 3.8) is 0 Å². The third-order valence-corrected chi connectivity index (χ3v) is 6.77. The fraction of sp³-hybridized carbons (Fsp3) is 0.429. The molecule has 2 atom stereocenters. The number of hydrogen-bond donors (Lipinski definition) is 2. The molecular weight excluding hydrogens is 456 g/mol. The van der Waals surface area contributed by atoms with Crippen LogP contribution in [0.1, 0.15) is 50.2 Å². The summed E-state index contributed by atoms with van der Waals surface area (Å²) in [7, 11) is 1.58. The van der Waals surface area contributed by atoms with Crippen molar-refractivity contribution in [3.8, 4) is 0 Å². The van der Waals surface area contributed by atoms with Gasteiger partial charge in [-0.1, -0.05) is 61.4 Å². The van der Waals surface area contributed by atoms with Crippen LogP contribution in [0.3, 0.4) is 0 Å². The maximum absolute atomic E-state index is 13.7. The minimum Gasteiger partial charge on any atom is -0.383 e. The lowest BCUT2D eigenvalue weighted by Gasteiger charge is -2.26. The zero-order valence-electron chi connectivity index (χ0n) is 20.9. The fourth-order valence-electron chi connectivity index (χ4n) is 4.87. The fourth-order valence-corrected chi connectivity index (χ4v) is 4.87. The van der Waals surface area contributed by atoms with Crippen molar-refractivity contribution < 1.29 is 19.1 Å². The van der Waals surface area contributed by atoms with E-state index in [1.807, 2.05) is 54.6 Å². The third-order valence-electron chi connectivity index (χ3n) is 6.77. The molecule has 1 aliphatic carbocycles. The Kier molecular flexibility index (Phi) is 8.48. The number of amides is 3. The summed E-state index contributed by atoms with van der Waals surface area (Å²) in [6.07, 6.45) is 3.70. The maximum atomic E-state index is 13.7. The summed E-state index contributed by atoms with van der Waals surface area (Å²) in [4.78, 5) is 45.6. The van der Waals surface area contributed by atoms with Gasteiger partial charge in [0.25, 0.3) is 5.91 Å². The van der Waals surface area contributed by atoms with Crippen molar-refractivity contribution in [1.82, 2.24) is 10.6 Å². The van der Waals surface area contributed by atoms with Gasteiger partial charge in [0.2, 0.25) is 18.0 Å². The van der Waals surface area contributed by atoms with E-state index in [1.54, 1.807) is 18.9 Å². The van der Waals surface area contributed by atoms with Crippen LogP contribution in [-0.2, 0) is 19.1 Å². The van der Waals surface area contributed by atoms with E-state index in [0.717, 1.165) is 36.8 Å². The number of ether oxygens (including phenoxy) is 1. The molecular formula is C28H34N4O4. The first kappa shape index (κ1) is 25.6. The SMILES string of the molecule is COCCN1C(=O)C(NC(=O)[C@H](C)NC(=O)CC2CCCC2)N=C(c2ccccc2)c2ccccc21. The summed E-state index contributed by atoms with van der Waals surface area (Å²) in [6, 6.07) is 16.4. The van der Waals surface area contributed by atoms with E-state index in [-0.39, 0.29) is 11.8 Å². The van der Waals surface area contributed by atoms with E-state index in [4.69, 9.17) is 9.73 Å². The summed E-state index contributed by atoms with van der Waals surface area (Å²) in [5.74, 6) is -0.570. The molecule has 1 saturated carbocycles. The Morgan fingerprint density at radius 2 is 1.78 bits per heavy atom. The highest BCUT2D eigenvalue weighted by atomic mass is 16.5. The van der Waals surface area contributed by atoms with Crippen molar-refractivity contribution in [3.05, 3.63) is 65.7 Å². The topological polar surface area (TPSA) is 100 Å². The third kappa shape index (κ3) is 5.99. The molecule has 2 N–H and O–H groups in total. The molecule has 8 nitrogen and oxygen atoms in total. The smallest absolute Gasteiger partial charge is 0.272 e. The number of methoxy groups -OCH3 is 1. The predicted molar refractivity (Wildman–Crippen MR) is 139 cm³/mol. The van der Waals surface area contributed by atoms with Crippen LogP contribution in [0.15, 0.2) is 59.6 Å². The van der Waals surface area contributed by atoms with E-state index in [2.05, 4.69) is 10.6 Å². The van der Waals surface area contributed by atoms with Gasteiger partial charge < -0.3 is 20.3 Å². The van der Waals surface area contributed by atoms with E-state index in [0.29, 0.717) is 36.9 Å². The zero-order valence-corrected chi connectivity index (χ0v) is 20.9. The monoisotopic (exact) mass is 490 g/mol. The highest BCUT2D eigenvalue weighted by molar-refractivity contribution is 6.20. The van der Waals surface area contributed by atoms with Crippen LogP contribution in [-0.4, -0.2) is 55.9 Å². The minimum absolute atomic E-state index is 0.139. The summed E-state index contributed by atoms with van der Waals surface area (Å²) in [6.45, 7) is 2.27. The standard InChI is InChI=1S/C28H34N4O4/c1-19(29-24(33)18-20-10-6-7-11-20)27(34)31-26-28(35)32(16-17-36-2)23-15-9-8-14-22(23)25(30-26)21-12-4-3-5-13-21/h3-5,8-9,12-15,19-20,26H,6-7,10-11,16-18H2,1-2H3,(H,29,33)(H,31,34)/t19-,26?/m0/s1. The number of carbonyl (C=O) groups is 3. The van der Waals surface area contributed by atoms with E-state index in [9.17, 15) is 14.4 Å². The Hall–Kier alpha value is -3.52. The van der Waals surface area contributed by atoms with Crippen molar-refractivity contribution in [2.45, 2.75) is 51.2 Å². The Labute approximate surface area is 212 Å². The molecule has 1 fully saturated rings. The molecule has 2 aromatic rings. The second-order valence-electron chi connectivity index (χ2n) is 9.40. The van der Waals surface area contributed by atoms with Gasteiger partial charge >= 0.3 is 0 Å². The number of carbonyl (C=O) groups excluding carboxylic acids is 3. The van der Waals surface area contributed by atoms with Gasteiger partial charge in [0, 0.05) is 31.2 Å². The molecule has 1 heterocycles. The lowest BCUT2D eigenvalue weighted by atomic mass is 10.0. The zero-order chi connectivity index (χ0) is 25.5. The first-order valence-corrected chi connectivity index (χ1v) is 12.6. The lowest BCUT2D eigenvalue weighted by molar-refractivity contribution is -0.131. The maximum Gasteiger partial charge on any atom is 0.272 e. The molecule has 0 saturated heterocycles. The molecule has 0 spiro atoms. The molecule has 190 valence electrons. The molecule has 2 aliphatic rings. The number of benzodiazepines with no additional fused rings is 1. The first-order chi connectivity index (χ1) is 17.5. The van der Waals surface area contributed by atoms with Crippen LogP contribution in [0, 0.1) is 5.92 Å². The number of benzene rings is 2. The van der Waals surface area contributed by atoms with Crippen LogP contribution in [0.5, 0.6) is 0 Å². The highest BCUT2D eigenvalue weighted by Crippen LogP contribution is 2.29. The van der Waals surface area contributed by atoms with Crippen molar-refractivity contribution >= 4 is 29.1 Å². The number of nitrogens with one attached hydrogen (secondary N) is 2. The molecule has 0 aromatic heterocycles.